The maximum atomic E-state index is 12.8. The number of nitrogens with zero attached hydrogens (tertiary/aromatic N) is 1. The van der Waals surface area contributed by atoms with Gasteiger partial charge in [-0.15, -0.1) is 0 Å². The molecule has 2 aromatic carbocycles. The SMILES string of the molecule is CCN(CC)S(=O)(=O)c1ccc(C)c(NS(=O)(=O)c2ccc(C(C)C)cc2)c1. The summed E-state index contributed by atoms with van der Waals surface area (Å²) < 4.78 is 54.9. The summed E-state index contributed by atoms with van der Waals surface area (Å²) in [4.78, 5) is 0.197. The summed E-state index contributed by atoms with van der Waals surface area (Å²) in [6.45, 7) is 10.0. The Morgan fingerprint density at radius 3 is 1.93 bits per heavy atom. The number of hydrogen-bond acceptors (Lipinski definition) is 4. The lowest BCUT2D eigenvalue weighted by Gasteiger charge is -2.19. The Hall–Kier alpha value is -1.90. The number of nitrogens with one attached hydrogen (secondary N) is 1. The molecule has 28 heavy (non-hydrogen) atoms. The first kappa shape index (κ1) is 22.4. The van der Waals surface area contributed by atoms with Crippen LogP contribution in [0.15, 0.2) is 52.3 Å². The Morgan fingerprint density at radius 2 is 1.43 bits per heavy atom. The molecule has 0 amide bonds. The summed E-state index contributed by atoms with van der Waals surface area (Å²) in [5.74, 6) is 0.300. The second kappa shape index (κ2) is 8.63. The van der Waals surface area contributed by atoms with Crippen LogP contribution >= 0.6 is 0 Å². The lowest BCUT2D eigenvalue weighted by atomic mass is 10.0. The average Bonchev–Trinajstić information content (AvgIpc) is 2.64. The smallest absolute Gasteiger partial charge is 0.261 e. The van der Waals surface area contributed by atoms with E-state index in [1.54, 1.807) is 51.1 Å². The highest BCUT2D eigenvalue weighted by atomic mass is 32.2. The van der Waals surface area contributed by atoms with E-state index in [1.165, 1.54) is 16.4 Å². The minimum Gasteiger partial charge on any atom is -0.279 e. The maximum absolute atomic E-state index is 12.8. The Labute approximate surface area is 168 Å². The first-order valence-corrected chi connectivity index (χ1v) is 12.2. The van der Waals surface area contributed by atoms with Gasteiger partial charge in [0.25, 0.3) is 10.0 Å². The maximum Gasteiger partial charge on any atom is 0.261 e. The van der Waals surface area contributed by atoms with Crippen molar-refractivity contribution in [3.63, 3.8) is 0 Å². The van der Waals surface area contributed by atoms with E-state index in [0.717, 1.165) is 5.56 Å². The predicted molar refractivity (Wildman–Crippen MR) is 113 cm³/mol. The molecule has 0 aliphatic heterocycles. The van der Waals surface area contributed by atoms with Crippen molar-refractivity contribution in [2.75, 3.05) is 17.8 Å². The molecule has 0 aromatic heterocycles. The van der Waals surface area contributed by atoms with Crippen LogP contribution in [-0.2, 0) is 20.0 Å². The fraction of sp³-hybridized carbons (Fsp3) is 0.400. The van der Waals surface area contributed by atoms with Crippen LogP contribution in [0.2, 0.25) is 0 Å². The summed E-state index contributed by atoms with van der Waals surface area (Å²) in [6, 6.07) is 11.2. The topological polar surface area (TPSA) is 83.6 Å². The number of rotatable bonds is 8. The van der Waals surface area contributed by atoms with Crippen LogP contribution in [0.1, 0.15) is 44.7 Å². The van der Waals surface area contributed by atoms with E-state index >= 15 is 0 Å². The van der Waals surface area contributed by atoms with Crippen LogP contribution in [0.5, 0.6) is 0 Å². The van der Waals surface area contributed by atoms with E-state index < -0.39 is 20.0 Å². The van der Waals surface area contributed by atoms with Crippen LogP contribution in [0, 0.1) is 6.92 Å². The van der Waals surface area contributed by atoms with Gasteiger partial charge in [-0.2, -0.15) is 4.31 Å². The molecule has 0 atom stereocenters. The normalized spacial score (nSPS) is 12.5. The highest BCUT2D eigenvalue weighted by molar-refractivity contribution is 7.92. The highest BCUT2D eigenvalue weighted by Crippen LogP contribution is 2.26. The number of anilines is 1. The Morgan fingerprint density at radius 1 is 0.893 bits per heavy atom. The summed E-state index contributed by atoms with van der Waals surface area (Å²) >= 11 is 0. The van der Waals surface area contributed by atoms with Gasteiger partial charge in [0.05, 0.1) is 15.5 Å². The molecule has 1 N–H and O–H groups in total. The lowest BCUT2D eigenvalue weighted by Crippen LogP contribution is -2.30. The first-order chi connectivity index (χ1) is 13.0. The molecule has 0 heterocycles. The second-order valence-electron chi connectivity index (χ2n) is 6.90. The van der Waals surface area contributed by atoms with Crippen molar-refractivity contribution in [2.45, 2.75) is 50.3 Å². The van der Waals surface area contributed by atoms with E-state index in [9.17, 15) is 16.8 Å². The quantitative estimate of drug-likeness (QED) is 0.695. The number of benzene rings is 2. The zero-order valence-corrected chi connectivity index (χ0v) is 18.6. The summed E-state index contributed by atoms with van der Waals surface area (Å²) in [5, 5.41) is 0. The van der Waals surface area contributed by atoms with E-state index in [1.807, 2.05) is 13.8 Å². The van der Waals surface area contributed by atoms with Crippen molar-refractivity contribution >= 4 is 25.7 Å². The molecule has 2 rings (SSSR count). The van der Waals surface area contributed by atoms with Crippen molar-refractivity contribution in [1.29, 1.82) is 0 Å². The van der Waals surface area contributed by atoms with Crippen LogP contribution in [0.25, 0.3) is 0 Å². The molecule has 0 unspecified atom stereocenters. The third-order valence-corrected chi connectivity index (χ3v) is 8.08. The van der Waals surface area contributed by atoms with Gasteiger partial charge >= 0.3 is 0 Å². The van der Waals surface area contributed by atoms with Crippen LogP contribution in [-0.4, -0.2) is 34.2 Å². The molecule has 0 spiro atoms. The fourth-order valence-corrected chi connectivity index (χ4v) is 5.43. The van der Waals surface area contributed by atoms with Gasteiger partial charge in [0.2, 0.25) is 10.0 Å². The molecular formula is C20H28N2O4S2. The van der Waals surface area contributed by atoms with Crippen molar-refractivity contribution in [2.24, 2.45) is 0 Å². The van der Waals surface area contributed by atoms with Crippen molar-refractivity contribution in [1.82, 2.24) is 4.31 Å². The van der Waals surface area contributed by atoms with Gasteiger partial charge in [0, 0.05) is 13.1 Å². The van der Waals surface area contributed by atoms with Gasteiger partial charge in [0.15, 0.2) is 0 Å². The Kier molecular flexibility index (Phi) is 6.90. The zero-order valence-electron chi connectivity index (χ0n) is 16.9. The molecule has 154 valence electrons. The van der Waals surface area contributed by atoms with E-state index in [0.29, 0.717) is 24.6 Å². The summed E-state index contributed by atoms with van der Waals surface area (Å²) in [7, 11) is -7.51. The number of hydrogen-bond donors (Lipinski definition) is 1. The zero-order chi connectivity index (χ0) is 21.1. The Balaban J connectivity index is 2.40. The lowest BCUT2D eigenvalue weighted by molar-refractivity contribution is 0.445. The van der Waals surface area contributed by atoms with Crippen LogP contribution < -0.4 is 4.72 Å². The van der Waals surface area contributed by atoms with Crippen LogP contribution in [0.4, 0.5) is 5.69 Å². The molecule has 6 nitrogen and oxygen atoms in total. The molecule has 0 bridgehead atoms. The highest BCUT2D eigenvalue weighted by Gasteiger charge is 2.23. The van der Waals surface area contributed by atoms with Gasteiger partial charge in [-0.1, -0.05) is 45.9 Å². The third-order valence-electron chi connectivity index (χ3n) is 4.65. The minimum absolute atomic E-state index is 0.0645. The molecule has 2 aromatic rings. The van der Waals surface area contributed by atoms with Gasteiger partial charge in [-0.25, -0.2) is 16.8 Å². The summed E-state index contributed by atoms with van der Waals surface area (Å²) in [6.07, 6.45) is 0. The van der Waals surface area contributed by atoms with Gasteiger partial charge in [-0.3, -0.25) is 4.72 Å². The molecule has 0 saturated carbocycles. The molecule has 0 saturated heterocycles. The monoisotopic (exact) mass is 424 g/mol. The van der Waals surface area contributed by atoms with Gasteiger partial charge in [-0.05, 0) is 48.2 Å². The average molecular weight is 425 g/mol. The van der Waals surface area contributed by atoms with E-state index in [4.69, 9.17) is 0 Å². The second-order valence-corrected chi connectivity index (χ2v) is 10.5. The third kappa shape index (κ3) is 4.74. The predicted octanol–water partition coefficient (Wildman–Crippen LogP) is 3.95. The molecule has 0 radical (unpaired) electrons. The molecule has 0 aliphatic carbocycles. The molecule has 0 fully saturated rings. The minimum atomic E-state index is -3.83. The van der Waals surface area contributed by atoms with Crippen molar-refractivity contribution < 1.29 is 16.8 Å². The standard InChI is InChI=1S/C20H28N2O4S2/c1-6-22(7-2)28(25,26)19-11-8-16(5)20(14-19)21-27(23,24)18-12-9-17(10-13-18)15(3)4/h8-15,21H,6-7H2,1-5H3. The van der Waals surface area contributed by atoms with Gasteiger partial charge < -0.3 is 0 Å². The van der Waals surface area contributed by atoms with E-state index in [-0.39, 0.29) is 15.5 Å². The Bertz CT molecular complexity index is 1020. The van der Waals surface area contributed by atoms with E-state index in [2.05, 4.69) is 4.72 Å². The fourth-order valence-electron chi connectivity index (χ4n) is 2.82. The van der Waals surface area contributed by atoms with Gasteiger partial charge in [0.1, 0.15) is 0 Å². The molecule has 0 aliphatic rings. The van der Waals surface area contributed by atoms with Crippen LogP contribution in [0.3, 0.4) is 0 Å². The van der Waals surface area contributed by atoms with Crippen molar-refractivity contribution in [3.05, 3.63) is 53.6 Å². The number of aryl methyl sites for hydroxylation is 1. The first-order valence-electron chi connectivity index (χ1n) is 9.26. The molecular weight excluding hydrogens is 396 g/mol. The molecule has 8 heteroatoms. The summed E-state index contributed by atoms with van der Waals surface area (Å²) in [5.41, 5.74) is 1.93. The number of sulfonamides is 2. The van der Waals surface area contributed by atoms with Crippen molar-refractivity contribution in [3.8, 4) is 0 Å². The largest absolute Gasteiger partial charge is 0.279 e.